The van der Waals surface area contributed by atoms with Gasteiger partial charge in [-0.2, -0.15) is 0 Å². The monoisotopic (exact) mass is 287 g/mol. The van der Waals surface area contributed by atoms with Gasteiger partial charge in [-0.15, -0.1) is 0 Å². The van der Waals surface area contributed by atoms with Crippen LogP contribution < -0.4 is 5.32 Å². The molecular weight excluding hydrogens is 258 g/mol. The zero-order valence-electron chi connectivity index (χ0n) is 14.2. The molecule has 116 valence electrons. The topological polar surface area (TPSA) is 29.1 Å². The van der Waals surface area contributed by atoms with Gasteiger partial charge in [-0.3, -0.25) is 4.79 Å². The third-order valence-electron chi connectivity index (χ3n) is 5.21. The van der Waals surface area contributed by atoms with E-state index in [0.717, 1.165) is 19.5 Å². The van der Waals surface area contributed by atoms with E-state index in [1.54, 1.807) is 0 Å². The van der Waals surface area contributed by atoms with Gasteiger partial charge in [-0.05, 0) is 69.3 Å². The quantitative estimate of drug-likeness (QED) is 0.914. The number of ketones is 1. The molecule has 1 aliphatic heterocycles. The highest BCUT2D eigenvalue weighted by Crippen LogP contribution is 2.34. The molecule has 2 heteroatoms. The number of carbonyl (C=O) groups excluding carboxylic acids is 1. The van der Waals surface area contributed by atoms with Gasteiger partial charge in [0.1, 0.15) is 5.78 Å². The molecular formula is C19H29NO. The average molecular weight is 287 g/mol. The van der Waals surface area contributed by atoms with Gasteiger partial charge < -0.3 is 5.32 Å². The Kier molecular flexibility index (Phi) is 4.88. The first-order valence-corrected chi connectivity index (χ1v) is 8.13. The Morgan fingerprint density at radius 1 is 1.24 bits per heavy atom. The Morgan fingerprint density at radius 2 is 1.86 bits per heavy atom. The van der Waals surface area contributed by atoms with Crippen molar-refractivity contribution < 1.29 is 4.79 Å². The highest BCUT2D eigenvalue weighted by Gasteiger charge is 2.36. The van der Waals surface area contributed by atoms with E-state index in [0.29, 0.717) is 18.1 Å². The lowest BCUT2D eigenvalue weighted by Crippen LogP contribution is -2.43. The van der Waals surface area contributed by atoms with E-state index in [1.807, 2.05) is 0 Å². The van der Waals surface area contributed by atoms with Crippen molar-refractivity contribution in [3.05, 3.63) is 34.4 Å². The Morgan fingerprint density at radius 3 is 2.38 bits per heavy atom. The summed E-state index contributed by atoms with van der Waals surface area (Å²) in [7, 11) is 0. The van der Waals surface area contributed by atoms with Crippen molar-refractivity contribution in [2.75, 3.05) is 13.1 Å². The number of rotatable bonds is 4. The normalized spacial score (nSPS) is 19.6. The minimum absolute atomic E-state index is 0.239. The molecule has 0 aromatic heterocycles. The number of hydrogen-bond donors (Lipinski definition) is 1. The van der Waals surface area contributed by atoms with Crippen LogP contribution in [0.5, 0.6) is 0 Å². The molecule has 1 aromatic carbocycles. The van der Waals surface area contributed by atoms with Crippen LogP contribution in [-0.2, 0) is 11.2 Å². The number of nitrogens with one attached hydrogen (secondary N) is 1. The lowest BCUT2D eigenvalue weighted by atomic mass is 9.70. The summed E-state index contributed by atoms with van der Waals surface area (Å²) in [6, 6.07) is 4.37. The maximum atomic E-state index is 12.9. The van der Waals surface area contributed by atoms with E-state index in [1.165, 1.54) is 28.7 Å². The molecule has 1 N–H and O–H groups in total. The Hall–Kier alpha value is -1.15. The van der Waals surface area contributed by atoms with Crippen molar-refractivity contribution in [2.45, 2.75) is 53.9 Å². The van der Waals surface area contributed by atoms with Crippen molar-refractivity contribution in [2.24, 2.45) is 11.3 Å². The first-order valence-electron chi connectivity index (χ1n) is 8.13. The summed E-state index contributed by atoms with van der Waals surface area (Å²) in [4.78, 5) is 12.9. The smallest absolute Gasteiger partial charge is 0.143 e. The fraction of sp³-hybridized carbons (Fsp3) is 0.632. The van der Waals surface area contributed by atoms with Gasteiger partial charge in [-0.25, -0.2) is 0 Å². The second-order valence-electron chi connectivity index (χ2n) is 7.24. The van der Waals surface area contributed by atoms with Gasteiger partial charge in [0.2, 0.25) is 0 Å². The van der Waals surface area contributed by atoms with E-state index >= 15 is 0 Å². The zero-order valence-corrected chi connectivity index (χ0v) is 14.2. The highest BCUT2D eigenvalue weighted by atomic mass is 16.1. The first-order chi connectivity index (χ1) is 9.82. The van der Waals surface area contributed by atoms with Crippen molar-refractivity contribution in [3.8, 4) is 0 Å². The molecule has 0 radical (unpaired) electrons. The molecule has 0 bridgehead atoms. The summed E-state index contributed by atoms with van der Waals surface area (Å²) in [5, 5.41) is 3.44. The van der Waals surface area contributed by atoms with Crippen LogP contribution in [0.15, 0.2) is 12.1 Å². The summed E-state index contributed by atoms with van der Waals surface area (Å²) >= 11 is 0. The maximum Gasteiger partial charge on any atom is 0.143 e. The number of carbonyl (C=O) groups is 1. The van der Waals surface area contributed by atoms with Gasteiger partial charge >= 0.3 is 0 Å². The van der Waals surface area contributed by atoms with E-state index in [9.17, 15) is 4.79 Å². The fourth-order valence-corrected chi connectivity index (χ4v) is 3.57. The van der Waals surface area contributed by atoms with Gasteiger partial charge in [0, 0.05) is 11.8 Å². The van der Waals surface area contributed by atoms with Gasteiger partial charge in [0.15, 0.2) is 0 Å². The molecule has 2 nitrogen and oxygen atoms in total. The lowest BCUT2D eigenvalue weighted by molar-refractivity contribution is -0.129. The van der Waals surface area contributed by atoms with Gasteiger partial charge in [-0.1, -0.05) is 31.5 Å². The lowest BCUT2D eigenvalue weighted by Gasteiger charge is -2.36. The van der Waals surface area contributed by atoms with Crippen LogP contribution in [0.4, 0.5) is 0 Å². The number of aryl methyl sites for hydroxylation is 3. The molecule has 1 heterocycles. The predicted molar refractivity (Wildman–Crippen MR) is 88.7 cm³/mol. The van der Waals surface area contributed by atoms with Crippen LogP contribution in [-0.4, -0.2) is 18.9 Å². The molecule has 1 saturated heterocycles. The highest BCUT2D eigenvalue weighted by molar-refractivity contribution is 5.87. The number of piperidine rings is 1. The standard InChI is InChI=1S/C19H29NO/c1-13-9-14(2)17(15(3)10-13)11-18(21)19(4,5)16-7-6-8-20-12-16/h9-10,16,20H,6-8,11-12H2,1-5H3. The molecule has 1 fully saturated rings. The molecule has 2 rings (SSSR count). The van der Waals surface area contributed by atoms with E-state index in [-0.39, 0.29) is 5.41 Å². The molecule has 0 amide bonds. The Bertz CT molecular complexity index is 501. The minimum atomic E-state index is -0.239. The van der Waals surface area contributed by atoms with Crippen molar-refractivity contribution in [3.63, 3.8) is 0 Å². The van der Waals surface area contributed by atoms with Crippen LogP contribution in [0.25, 0.3) is 0 Å². The maximum absolute atomic E-state index is 12.9. The largest absolute Gasteiger partial charge is 0.316 e. The summed E-state index contributed by atoms with van der Waals surface area (Å²) < 4.78 is 0. The van der Waals surface area contributed by atoms with Crippen LogP contribution in [0.1, 0.15) is 48.9 Å². The number of hydrogen-bond acceptors (Lipinski definition) is 2. The second-order valence-corrected chi connectivity index (χ2v) is 7.24. The Labute approximate surface area is 129 Å². The number of benzene rings is 1. The summed E-state index contributed by atoms with van der Waals surface area (Å²) in [6.45, 7) is 12.7. The van der Waals surface area contributed by atoms with Crippen LogP contribution in [0.3, 0.4) is 0 Å². The molecule has 1 aliphatic rings. The van der Waals surface area contributed by atoms with Crippen LogP contribution >= 0.6 is 0 Å². The molecule has 0 aliphatic carbocycles. The van der Waals surface area contributed by atoms with Crippen LogP contribution in [0.2, 0.25) is 0 Å². The molecule has 1 aromatic rings. The molecule has 1 atom stereocenters. The van der Waals surface area contributed by atoms with Gasteiger partial charge in [0.25, 0.3) is 0 Å². The average Bonchev–Trinajstić information content (AvgIpc) is 2.43. The fourth-order valence-electron chi connectivity index (χ4n) is 3.57. The minimum Gasteiger partial charge on any atom is -0.316 e. The van der Waals surface area contributed by atoms with E-state index in [2.05, 4.69) is 52.1 Å². The third kappa shape index (κ3) is 3.55. The molecule has 1 unspecified atom stereocenters. The van der Waals surface area contributed by atoms with E-state index < -0.39 is 0 Å². The zero-order chi connectivity index (χ0) is 15.6. The van der Waals surface area contributed by atoms with E-state index in [4.69, 9.17) is 0 Å². The third-order valence-corrected chi connectivity index (χ3v) is 5.21. The molecule has 0 saturated carbocycles. The molecule has 21 heavy (non-hydrogen) atoms. The molecule has 0 spiro atoms. The van der Waals surface area contributed by atoms with Crippen LogP contribution in [0, 0.1) is 32.1 Å². The summed E-state index contributed by atoms with van der Waals surface area (Å²) in [5.41, 5.74) is 4.76. The van der Waals surface area contributed by atoms with Gasteiger partial charge in [0.05, 0.1) is 0 Å². The number of Topliss-reactive ketones (excluding diaryl/α,β-unsaturated/α-hetero) is 1. The van der Waals surface area contributed by atoms with Crippen molar-refractivity contribution in [1.82, 2.24) is 5.32 Å². The SMILES string of the molecule is Cc1cc(C)c(CC(=O)C(C)(C)C2CCCNC2)c(C)c1. The van der Waals surface area contributed by atoms with Crippen molar-refractivity contribution in [1.29, 1.82) is 0 Å². The summed E-state index contributed by atoms with van der Waals surface area (Å²) in [5.74, 6) is 0.844. The first kappa shape index (κ1) is 16.2. The second kappa shape index (κ2) is 6.31. The summed E-state index contributed by atoms with van der Waals surface area (Å²) in [6.07, 6.45) is 2.92. The predicted octanol–water partition coefficient (Wildman–Crippen LogP) is 3.75. The van der Waals surface area contributed by atoms with Crippen molar-refractivity contribution >= 4 is 5.78 Å². The Balaban J connectivity index is 2.17.